The Morgan fingerprint density at radius 3 is 2.36 bits per heavy atom. The topological polar surface area (TPSA) is 88.2 Å². The first kappa shape index (κ1) is 26.5. The minimum absolute atomic E-state index is 0.131. The van der Waals surface area contributed by atoms with Gasteiger partial charge < -0.3 is 16.2 Å². The number of carbonyl (C=O) groups is 1. The van der Waals surface area contributed by atoms with Crippen molar-refractivity contribution in [2.75, 3.05) is 12.8 Å². The Bertz CT molecular complexity index is 1560. The number of aliphatic hydroxyl groups is 1. The van der Waals surface area contributed by atoms with Crippen molar-refractivity contribution in [3.8, 4) is 11.1 Å². The lowest BCUT2D eigenvalue weighted by molar-refractivity contribution is 0.0950. The van der Waals surface area contributed by atoms with Crippen LogP contribution in [0.15, 0.2) is 60.7 Å². The Kier molecular flexibility index (Phi) is 7.44. The molecule has 2 aliphatic carbocycles. The number of nitrogens with one attached hydrogen (secondary N) is 1. The van der Waals surface area contributed by atoms with Crippen molar-refractivity contribution in [2.45, 2.75) is 45.1 Å². The van der Waals surface area contributed by atoms with Gasteiger partial charge in [0.15, 0.2) is 0 Å². The number of fused-ring (bicyclic) bond motifs is 2. The molecule has 2 aliphatic rings. The van der Waals surface area contributed by atoms with E-state index >= 15 is 0 Å². The molecule has 1 amide bonds. The molecule has 3 aromatic carbocycles. The maximum absolute atomic E-state index is 14.4. The van der Waals surface area contributed by atoms with E-state index in [1.54, 1.807) is 0 Å². The Hall–Kier alpha value is -4.10. The minimum Gasteiger partial charge on any atom is -0.400 e. The standard InChI is InChI=1S/C31H27F2N3O.CH4O/c1-17-28(27(18-2-3-18)15-30(34)36-17)16-35-31(37)22-7-5-20-10-19-4-6-21(11-23(19)13-24(20)12-22)26-9-8-25(32)14-29(26)33;1-2/h4-9,11-12,14-15,18H,2-3,10,13,16H2,1H3,(H2,34,36)(H,35,37);2H,1H3. The van der Waals surface area contributed by atoms with Crippen molar-refractivity contribution in [2.24, 2.45) is 0 Å². The maximum atomic E-state index is 14.4. The molecular weight excluding hydrogens is 496 g/mol. The summed E-state index contributed by atoms with van der Waals surface area (Å²) in [6.45, 7) is 2.35. The lowest BCUT2D eigenvalue weighted by Crippen LogP contribution is -2.24. The Labute approximate surface area is 226 Å². The zero-order valence-corrected chi connectivity index (χ0v) is 22.0. The van der Waals surface area contributed by atoms with Crippen molar-refractivity contribution < 1.29 is 18.7 Å². The van der Waals surface area contributed by atoms with Gasteiger partial charge in [0, 0.05) is 36.5 Å². The third kappa shape index (κ3) is 5.54. The van der Waals surface area contributed by atoms with Crippen LogP contribution in [0, 0.1) is 18.6 Å². The molecule has 1 aromatic heterocycles. The second kappa shape index (κ2) is 10.9. The summed E-state index contributed by atoms with van der Waals surface area (Å²) < 4.78 is 27.7. The number of amides is 1. The first-order chi connectivity index (χ1) is 18.9. The van der Waals surface area contributed by atoms with E-state index in [0.717, 1.165) is 54.8 Å². The van der Waals surface area contributed by atoms with Crippen LogP contribution < -0.4 is 11.1 Å². The smallest absolute Gasteiger partial charge is 0.251 e. The van der Waals surface area contributed by atoms with Crippen LogP contribution in [0.25, 0.3) is 11.1 Å². The van der Waals surface area contributed by atoms with Crippen molar-refractivity contribution in [3.05, 3.63) is 117 Å². The van der Waals surface area contributed by atoms with Crippen LogP contribution in [-0.2, 0) is 19.4 Å². The molecule has 0 aliphatic heterocycles. The molecule has 39 heavy (non-hydrogen) atoms. The molecule has 0 saturated heterocycles. The van der Waals surface area contributed by atoms with E-state index < -0.39 is 11.6 Å². The second-order valence-electron chi connectivity index (χ2n) is 10.1. The van der Waals surface area contributed by atoms with Crippen molar-refractivity contribution in [1.82, 2.24) is 10.3 Å². The average Bonchev–Trinajstić information content (AvgIpc) is 3.77. The fourth-order valence-corrected chi connectivity index (χ4v) is 5.38. The highest BCUT2D eigenvalue weighted by Gasteiger charge is 2.28. The lowest BCUT2D eigenvalue weighted by atomic mass is 9.83. The monoisotopic (exact) mass is 527 g/mol. The first-order valence-electron chi connectivity index (χ1n) is 13.0. The number of nitrogens with zero attached hydrogens (tertiary/aromatic N) is 1. The summed E-state index contributed by atoms with van der Waals surface area (Å²) >= 11 is 0. The number of nitrogen functional groups attached to an aromatic ring is 1. The molecule has 7 heteroatoms. The summed E-state index contributed by atoms with van der Waals surface area (Å²) in [5.74, 6) is -0.270. The predicted molar refractivity (Wildman–Crippen MR) is 149 cm³/mol. The van der Waals surface area contributed by atoms with Crippen LogP contribution in [0.5, 0.6) is 0 Å². The predicted octanol–water partition coefficient (Wildman–Crippen LogP) is 5.83. The van der Waals surface area contributed by atoms with Crippen LogP contribution in [0.3, 0.4) is 0 Å². The number of anilines is 1. The van der Waals surface area contributed by atoms with Gasteiger partial charge >= 0.3 is 0 Å². The number of hydrogen-bond acceptors (Lipinski definition) is 4. The van der Waals surface area contributed by atoms with Gasteiger partial charge in [0.2, 0.25) is 0 Å². The van der Waals surface area contributed by atoms with Gasteiger partial charge in [0.1, 0.15) is 17.5 Å². The summed E-state index contributed by atoms with van der Waals surface area (Å²) in [6, 6.07) is 17.3. The number of rotatable bonds is 5. The lowest BCUT2D eigenvalue weighted by Gasteiger charge is -2.21. The fourth-order valence-electron chi connectivity index (χ4n) is 5.38. The quantitative estimate of drug-likeness (QED) is 0.268. The number of aryl methyl sites for hydroxylation is 1. The number of pyridine rings is 1. The number of aliphatic hydroxyl groups excluding tert-OH is 1. The Balaban J connectivity index is 0.00000151. The molecule has 1 heterocycles. The molecule has 200 valence electrons. The van der Waals surface area contributed by atoms with Crippen molar-refractivity contribution >= 4 is 11.7 Å². The fraction of sp³-hybridized carbons (Fsp3) is 0.250. The van der Waals surface area contributed by atoms with Crippen molar-refractivity contribution in [3.63, 3.8) is 0 Å². The molecule has 0 unspecified atom stereocenters. The number of carbonyl (C=O) groups excluding carboxylic acids is 1. The summed E-state index contributed by atoms with van der Waals surface area (Å²) in [6.07, 6.45) is 3.69. The van der Waals surface area contributed by atoms with E-state index in [1.807, 2.05) is 49.4 Å². The summed E-state index contributed by atoms with van der Waals surface area (Å²) in [4.78, 5) is 17.5. The average molecular weight is 528 g/mol. The van der Waals surface area contributed by atoms with Gasteiger partial charge in [0.05, 0.1) is 0 Å². The first-order valence-corrected chi connectivity index (χ1v) is 13.0. The van der Waals surface area contributed by atoms with E-state index in [2.05, 4.69) is 10.3 Å². The summed E-state index contributed by atoms with van der Waals surface area (Å²) in [5.41, 5.74) is 15.3. The molecule has 4 aromatic rings. The second-order valence-corrected chi connectivity index (χ2v) is 10.1. The molecule has 0 bridgehead atoms. The molecular formula is C32H31F2N3O2. The van der Waals surface area contributed by atoms with Crippen LogP contribution in [0.2, 0.25) is 0 Å². The van der Waals surface area contributed by atoms with E-state index in [-0.39, 0.29) is 5.91 Å². The van der Waals surface area contributed by atoms with Gasteiger partial charge in [0.25, 0.3) is 5.91 Å². The SMILES string of the molecule is CO.Cc1nc(N)cc(C2CC2)c1CNC(=O)c1ccc2c(c1)Cc1cc(-c3ccc(F)cc3F)ccc1C2. The van der Waals surface area contributed by atoms with E-state index in [1.165, 1.54) is 28.8 Å². The minimum atomic E-state index is -0.592. The van der Waals surface area contributed by atoms with Gasteiger partial charge in [-0.05, 0) is 108 Å². The summed E-state index contributed by atoms with van der Waals surface area (Å²) in [5, 5.41) is 10.1. The third-order valence-corrected chi connectivity index (χ3v) is 7.51. The molecule has 0 radical (unpaired) electrons. The number of nitrogens with two attached hydrogens (primary N) is 1. The zero-order chi connectivity index (χ0) is 27.7. The molecule has 4 N–H and O–H groups in total. The maximum Gasteiger partial charge on any atom is 0.251 e. The largest absolute Gasteiger partial charge is 0.400 e. The summed E-state index contributed by atoms with van der Waals surface area (Å²) in [7, 11) is 1.00. The van der Waals surface area contributed by atoms with Gasteiger partial charge in [-0.25, -0.2) is 13.8 Å². The number of benzene rings is 3. The Morgan fingerprint density at radius 2 is 1.64 bits per heavy atom. The van der Waals surface area contributed by atoms with Gasteiger partial charge in [-0.15, -0.1) is 0 Å². The molecule has 5 nitrogen and oxygen atoms in total. The molecule has 1 saturated carbocycles. The molecule has 1 fully saturated rings. The van der Waals surface area contributed by atoms with Gasteiger partial charge in [-0.2, -0.15) is 0 Å². The van der Waals surface area contributed by atoms with E-state index in [4.69, 9.17) is 10.8 Å². The van der Waals surface area contributed by atoms with Crippen LogP contribution in [0.1, 0.15) is 68.2 Å². The molecule has 0 atom stereocenters. The normalized spacial score (nSPS) is 13.6. The third-order valence-electron chi connectivity index (χ3n) is 7.51. The number of hydrogen-bond donors (Lipinski definition) is 3. The van der Waals surface area contributed by atoms with Gasteiger partial charge in [-0.3, -0.25) is 4.79 Å². The highest BCUT2D eigenvalue weighted by molar-refractivity contribution is 5.94. The van der Waals surface area contributed by atoms with Crippen LogP contribution in [-0.4, -0.2) is 23.1 Å². The number of aromatic nitrogens is 1. The molecule has 0 spiro atoms. The van der Waals surface area contributed by atoms with E-state index in [0.29, 0.717) is 41.4 Å². The zero-order valence-electron chi connectivity index (χ0n) is 22.0. The molecule has 6 rings (SSSR count). The highest BCUT2D eigenvalue weighted by Crippen LogP contribution is 2.42. The van der Waals surface area contributed by atoms with E-state index in [9.17, 15) is 13.6 Å². The van der Waals surface area contributed by atoms with Crippen LogP contribution >= 0.6 is 0 Å². The van der Waals surface area contributed by atoms with Gasteiger partial charge in [-0.1, -0.05) is 24.3 Å². The van der Waals surface area contributed by atoms with Crippen LogP contribution in [0.4, 0.5) is 14.6 Å². The Morgan fingerprint density at radius 1 is 0.949 bits per heavy atom. The highest BCUT2D eigenvalue weighted by atomic mass is 19.1. The van der Waals surface area contributed by atoms with Crippen molar-refractivity contribution in [1.29, 1.82) is 0 Å². The number of halogens is 2.